The Morgan fingerprint density at radius 1 is 0.864 bits per heavy atom. The summed E-state index contributed by atoms with van der Waals surface area (Å²) in [5, 5.41) is 3.21. The molecular formula is C18H20F3N. The second-order valence-electron chi connectivity index (χ2n) is 5.48. The van der Waals surface area contributed by atoms with E-state index in [1.54, 1.807) is 12.1 Å². The number of halogens is 3. The Morgan fingerprint density at radius 3 is 1.91 bits per heavy atom. The molecule has 0 fully saturated rings. The van der Waals surface area contributed by atoms with Gasteiger partial charge in [0.25, 0.3) is 0 Å². The molecule has 0 amide bonds. The molecule has 4 heteroatoms. The molecule has 1 N–H and O–H groups in total. The van der Waals surface area contributed by atoms with E-state index in [2.05, 4.69) is 18.3 Å². The zero-order chi connectivity index (χ0) is 16.3. The first-order valence-electron chi connectivity index (χ1n) is 7.28. The summed E-state index contributed by atoms with van der Waals surface area (Å²) in [5.74, 6) is 0.0364. The SMILES string of the molecule is CNC(C)c1ccccc1C(C)c1ccc(C(F)(F)F)cc1. The molecule has 118 valence electrons. The molecule has 0 saturated heterocycles. The Hall–Kier alpha value is -1.81. The number of rotatable bonds is 4. The fraction of sp³-hybridized carbons (Fsp3) is 0.333. The summed E-state index contributed by atoms with van der Waals surface area (Å²) in [6.07, 6.45) is -4.29. The average Bonchev–Trinajstić information content (AvgIpc) is 2.52. The number of alkyl halides is 3. The highest BCUT2D eigenvalue weighted by atomic mass is 19.4. The van der Waals surface area contributed by atoms with Gasteiger partial charge in [-0.2, -0.15) is 13.2 Å². The second kappa shape index (κ2) is 6.53. The topological polar surface area (TPSA) is 12.0 Å². The molecule has 0 aliphatic rings. The molecule has 0 radical (unpaired) electrons. The summed E-state index contributed by atoms with van der Waals surface area (Å²) in [7, 11) is 1.89. The molecule has 22 heavy (non-hydrogen) atoms. The first-order chi connectivity index (χ1) is 10.3. The molecule has 0 bridgehead atoms. The van der Waals surface area contributed by atoms with Crippen LogP contribution in [0.1, 0.15) is 48.1 Å². The molecule has 1 nitrogen and oxygen atoms in total. The summed E-state index contributed by atoms with van der Waals surface area (Å²) in [6.45, 7) is 4.09. The normalized spacial score (nSPS) is 14.6. The van der Waals surface area contributed by atoms with Crippen LogP contribution in [0.3, 0.4) is 0 Å². The Bertz CT molecular complexity index is 617. The number of hydrogen-bond donors (Lipinski definition) is 1. The van der Waals surface area contributed by atoms with Crippen LogP contribution in [0.2, 0.25) is 0 Å². The van der Waals surface area contributed by atoms with Crippen molar-refractivity contribution in [3.8, 4) is 0 Å². The van der Waals surface area contributed by atoms with Gasteiger partial charge in [-0.3, -0.25) is 0 Å². The molecule has 0 aliphatic carbocycles. The maximum Gasteiger partial charge on any atom is 0.416 e. The molecule has 0 spiro atoms. The van der Waals surface area contributed by atoms with E-state index in [1.165, 1.54) is 0 Å². The second-order valence-corrected chi connectivity index (χ2v) is 5.48. The molecule has 0 saturated carbocycles. The van der Waals surface area contributed by atoms with Crippen LogP contribution >= 0.6 is 0 Å². The molecule has 0 aromatic heterocycles. The zero-order valence-corrected chi connectivity index (χ0v) is 12.9. The van der Waals surface area contributed by atoms with Crippen molar-refractivity contribution in [2.24, 2.45) is 0 Å². The summed E-state index contributed by atoms with van der Waals surface area (Å²) in [5.41, 5.74) is 2.56. The predicted molar refractivity (Wildman–Crippen MR) is 82.9 cm³/mol. The van der Waals surface area contributed by atoms with Crippen molar-refractivity contribution in [1.29, 1.82) is 0 Å². The highest BCUT2D eigenvalue weighted by Gasteiger charge is 2.30. The minimum Gasteiger partial charge on any atom is -0.313 e. The smallest absolute Gasteiger partial charge is 0.313 e. The average molecular weight is 307 g/mol. The molecular weight excluding hydrogens is 287 g/mol. The quantitative estimate of drug-likeness (QED) is 0.825. The number of hydrogen-bond acceptors (Lipinski definition) is 1. The van der Waals surface area contributed by atoms with Crippen LogP contribution in [0.5, 0.6) is 0 Å². The van der Waals surface area contributed by atoms with Crippen LogP contribution in [-0.4, -0.2) is 7.05 Å². The molecule has 2 rings (SSSR count). The van der Waals surface area contributed by atoms with Gasteiger partial charge < -0.3 is 5.32 Å². The lowest BCUT2D eigenvalue weighted by molar-refractivity contribution is -0.137. The summed E-state index contributed by atoms with van der Waals surface area (Å²) in [4.78, 5) is 0. The summed E-state index contributed by atoms with van der Waals surface area (Å²) in [6, 6.07) is 13.6. The van der Waals surface area contributed by atoms with Gasteiger partial charge in [0, 0.05) is 12.0 Å². The lowest BCUT2D eigenvalue weighted by Crippen LogP contribution is -2.15. The Balaban J connectivity index is 2.34. The maximum atomic E-state index is 12.7. The third-order valence-corrected chi connectivity index (χ3v) is 4.10. The van der Waals surface area contributed by atoms with Crippen molar-refractivity contribution < 1.29 is 13.2 Å². The number of benzene rings is 2. The van der Waals surface area contributed by atoms with Crippen LogP contribution in [0.25, 0.3) is 0 Å². The van der Waals surface area contributed by atoms with Crippen LogP contribution in [0.4, 0.5) is 13.2 Å². The fourth-order valence-corrected chi connectivity index (χ4v) is 2.60. The van der Waals surface area contributed by atoms with Crippen LogP contribution in [0, 0.1) is 0 Å². The van der Waals surface area contributed by atoms with Crippen LogP contribution in [0.15, 0.2) is 48.5 Å². The molecule has 2 aromatic rings. The van der Waals surface area contributed by atoms with Crippen molar-refractivity contribution >= 4 is 0 Å². The Labute approximate surface area is 129 Å². The fourth-order valence-electron chi connectivity index (χ4n) is 2.60. The monoisotopic (exact) mass is 307 g/mol. The maximum absolute atomic E-state index is 12.7. The van der Waals surface area contributed by atoms with Crippen molar-refractivity contribution in [2.75, 3.05) is 7.05 Å². The van der Waals surface area contributed by atoms with Gasteiger partial charge in [-0.15, -0.1) is 0 Å². The van der Waals surface area contributed by atoms with E-state index >= 15 is 0 Å². The molecule has 0 heterocycles. The summed E-state index contributed by atoms with van der Waals surface area (Å²) < 4.78 is 38.0. The van der Waals surface area contributed by atoms with E-state index in [0.717, 1.165) is 28.8 Å². The largest absolute Gasteiger partial charge is 0.416 e. The van der Waals surface area contributed by atoms with Gasteiger partial charge in [0.05, 0.1) is 5.56 Å². The van der Waals surface area contributed by atoms with E-state index in [4.69, 9.17) is 0 Å². The van der Waals surface area contributed by atoms with Crippen molar-refractivity contribution in [3.63, 3.8) is 0 Å². The van der Waals surface area contributed by atoms with E-state index in [9.17, 15) is 13.2 Å². The highest BCUT2D eigenvalue weighted by molar-refractivity contribution is 5.39. The van der Waals surface area contributed by atoms with Crippen molar-refractivity contribution in [3.05, 3.63) is 70.8 Å². The van der Waals surface area contributed by atoms with Gasteiger partial charge in [0.1, 0.15) is 0 Å². The lowest BCUT2D eigenvalue weighted by Gasteiger charge is -2.21. The van der Waals surface area contributed by atoms with Gasteiger partial charge in [-0.25, -0.2) is 0 Å². The van der Waals surface area contributed by atoms with E-state index in [1.807, 2.05) is 32.2 Å². The standard InChI is InChI=1S/C18H20F3N/c1-12(14-8-10-15(11-9-14)18(19,20)21)16-6-4-5-7-17(16)13(2)22-3/h4-13,22H,1-3H3. The van der Waals surface area contributed by atoms with Crippen LogP contribution in [-0.2, 0) is 6.18 Å². The molecule has 2 atom stereocenters. The van der Waals surface area contributed by atoms with Crippen molar-refractivity contribution in [1.82, 2.24) is 5.32 Å². The first kappa shape index (κ1) is 16.6. The van der Waals surface area contributed by atoms with Gasteiger partial charge in [-0.1, -0.05) is 43.3 Å². The first-order valence-corrected chi connectivity index (χ1v) is 7.28. The van der Waals surface area contributed by atoms with Gasteiger partial charge in [0.15, 0.2) is 0 Å². The minimum atomic E-state index is -4.29. The molecule has 0 aliphatic heterocycles. The van der Waals surface area contributed by atoms with Crippen LogP contribution < -0.4 is 5.32 Å². The van der Waals surface area contributed by atoms with E-state index in [-0.39, 0.29) is 12.0 Å². The predicted octanol–water partition coefficient (Wildman–Crippen LogP) is 5.14. The molecule has 2 unspecified atom stereocenters. The Kier molecular flexibility index (Phi) is 4.91. The minimum absolute atomic E-state index is 0.0364. The van der Waals surface area contributed by atoms with Gasteiger partial charge >= 0.3 is 6.18 Å². The van der Waals surface area contributed by atoms with Gasteiger partial charge in [0.2, 0.25) is 0 Å². The Morgan fingerprint density at radius 2 is 1.41 bits per heavy atom. The summed E-state index contributed by atoms with van der Waals surface area (Å²) >= 11 is 0. The zero-order valence-electron chi connectivity index (χ0n) is 12.9. The third kappa shape index (κ3) is 3.50. The number of nitrogens with one attached hydrogen (secondary N) is 1. The third-order valence-electron chi connectivity index (χ3n) is 4.10. The van der Waals surface area contributed by atoms with Gasteiger partial charge in [-0.05, 0) is 42.8 Å². The highest BCUT2D eigenvalue weighted by Crippen LogP contribution is 2.33. The van der Waals surface area contributed by atoms with Crippen molar-refractivity contribution in [2.45, 2.75) is 32.0 Å². The lowest BCUT2D eigenvalue weighted by atomic mass is 9.87. The van der Waals surface area contributed by atoms with E-state index < -0.39 is 11.7 Å². The molecule has 2 aromatic carbocycles. The van der Waals surface area contributed by atoms with E-state index in [0.29, 0.717) is 0 Å².